The molecule has 0 saturated carbocycles. The maximum atomic E-state index is 6.14. The van der Waals surface area contributed by atoms with Crippen molar-refractivity contribution in [1.29, 1.82) is 0 Å². The largest absolute Gasteiger partial charge is 0.415 e. The average molecular weight is 298 g/mol. The van der Waals surface area contributed by atoms with Crippen LogP contribution in [0, 0.1) is 0 Å². The second kappa shape index (κ2) is 4.86. The van der Waals surface area contributed by atoms with E-state index in [2.05, 4.69) is 18.2 Å². The number of rotatable bonds is 1. The van der Waals surface area contributed by atoms with Crippen LogP contribution in [0.5, 0.6) is 0 Å². The molecule has 98 valence electrons. The van der Waals surface area contributed by atoms with Crippen LogP contribution in [0.4, 0.5) is 0 Å². The Kier molecular flexibility index (Phi) is 2.87. The van der Waals surface area contributed by atoms with Gasteiger partial charge in [0.1, 0.15) is 15.8 Å². The first-order valence-corrected chi connectivity index (χ1v) is 8.35. The van der Waals surface area contributed by atoms with Gasteiger partial charge in [-0.2, -0.15) is 0 Å². The van der Waals surface area contributed by atoms with Gasteiger partial charge in [0.15, 0.2) is 0 Å². The Bertz CT molecular complexity index is 852. The fourth-order valence-electron chi connectivity index (χ4n) is 2.20. The highest BCUT2D eigenvalue weighted by molar-refractivity contribution is 7.54. The molecular formula is C16H11O2PS. The molecule has 0 N–H and O–H groups in total. The van der Waals surface area contributed by atoms with Crippen molar-refractivity contribution in [2.45, 2.75) is 0 Å². The lowest BCUT2D eigenvalue weighted by molar-refractivity contribution is 0.651. The predicted molar refractivity (Wildman–Crippen MR) is 85.5 cm³/mol. The second-order valence-electron chi connectivity index (χ2n) is 4.38. The van der Waals surface area contributed by atoms with Crippen LogP contribution in [-0.2, 0) is 0 Å². The molecule has 2 heterocycles. The predicted octanol–water partition coefficient (Wildman–Crippen LogP) is 6.34. The maximum Gasteiger partial charge on any atom is 0.263 e. The molecule has 0 aliphatic carbocycles. The van der Waals surface area contributed by atoms with Crippen molar-refractivity contribution in [3.8, 4) is 4.62 Å². The lowest BCUT2D eigenvalue weighted by Gasteiger charge is -1.92. The Balaban J connectivity index is 2.21. The van der Waals surface area contributed by atoms with Crippen molar-refractivity contribution < 1.29 is 8.39 Å². The zero-order valence-corrected chi connectivity index (χ0v) is 12.2. The third-order valence-electron chi connectivity index (χ3n) is 3.11. The zero-order chi connectivity index (χ0) is 13.4. The van der Waals surface area contributed by atoms with Crippen molar-refractivity contribution in [2.24, 2.45) is 0 Å². The van der Waals surface area contributed by atoms with E-state index in [-0.39, 0.29) is 0 Å². The van der Waals surface area contributed by atoms with Gasteiger partial charge < -0.3 is 8.39 Å². The summed E-state index contributed by atoms with van der Waals surface area (Å²) in [5.74, 6) is 0. The summed E-state index contributed by atoms with van der Waals surface area (Å²) in [5.41, 5.74) is 1.77. The molecule has 4 aromatic rings. The molecule has 20 heavy (non-hydrogen) atoms. The SMILES string of the molecule is c1csc(-p2oc3ccccc3c3ccccc3o2)c1. The molecule has 0 fully saturated rings. The third kappa shape index (κ3) is 1.96. The van der Waals surface area contributed by atoms with E-state index in [0.717, 1.165) is 26.6 Å². The number of benzene rings is 2. The molecule has 2 nitrogen and oxygen atoms in total. The van der Waals surface area contributed by atoms with Gasteiger partial charge in [-0.3, -0.25) is 0 Å². The molecule has 4 rings (SSSR count). The Morgan fingerprint density at radius 3 is 1.85 bits per heavy atom. The first kappa shape index (κ1) is 11.8. The van der Waals surface area contributed by atoms with E-state index in [1.54, 1.807) is 11.3 Å². The topological polar surface area (TPSA) is 26.3 Å². The summed E-state index contributed by atoms with van der Waals surface area (Å²) in [6.45, 7) is 0. The summed E-state index contributed by atoms with van der Waals surface area (Å²) < 4.78 is 13.4. The Labute approximate surface area is 120 Å². The summed E-state index contributed by atoms with van der Waals surface area (Å²) in [5, 5.41) is 4.22. The number of para-hydroxylation sites is 2. The van der Waals surface area contributed by atoms with Gasteiger partial charge in [-0.1, -0.05) is 42.5 Å². The molecule has 0 amide bonds. The molecule has 0 atom stereocenters. The van der Waals surface area contributed by atoms with E-state index in [0.29, 0.717) is 0 Å². The van der Waals surface area contributed by atoms with Crippen LogP contribution in [0.3, 0.4) is 0 Å². The molecule has 2 aromatic heterocycles. The summed E-state index contributed by atoms with van der Waals surface area (Å²) in [7, 11) is -1.11. The summed E-state index contributed by atoms with van der Waals surface area (Å²) in [6.07, 6.45) is 0. The Hall–Kier alpha value is -1.96. The van der Waals surface area contributed by atoms with E-state index < -0.39 is 8.01 Å². The van der Waals surface area contributed by atoms with E-state index in [4.69, 9.17) is 8.39 Å². The van der Waals surface area contributed by atoms with Gasteiger partial charge in [-0.25, -0.2) is 0 Å². The third-order valence-corrected chi connectivity index (χ3v) is 5.78. The van der Waals surface area contributed by atoms with Crippen LogP contribution < -0.4 is 0 Å². The van der Waals surface area contributed by atoms with Gasteiger partial charge in [0.2, 0.25) is 0 Å². The normalized spacial score (nSPS) is 11.0. The highest BCUT2D eigenvalue weighted by Gasteiger charge is 2.07. The van der Waals surface area contributed by atoms with E-state index in [1.165, 1.54) is 0 Å². The van der Waals surface area contributed by atoms with Crippen molar-refractivity contribution in [2.75, 3.05) is 0 Å². The van der Waals surface area contributed by atoms with Crippen LogP contribution in [-0.4, -0.2) is 0 Å². The molecule has 0 saturated heterocycles. The lowest BCUT2D eigenvalue weighted by atomic mass is 10.1. The smallest absolute Gasteiger partial charge is 0.263 e. The van der Waals surface area contributed by atoms with Crippen molar-refractivity contribution in [1.82, 2.24) is 0 Å². The zero-order valence-electron chi connectivity index (χ0n) is 10.5. The van der Waals surface area contributed by atoms with Crippen LogP contribution in [0.1, 0.15) is 0 Å². The number of fused-ring (bicyclic) bond motifs is 3. The number of thiophene rings is 1. The van der Waals surface area contributed by atoms with Gasteiger partial charge in [0.05, 0.1) is 0 Å². The first-order chi connectivity index (χ1) is 9.92. The number of hydrogen-bond donors (Lipinski definition) is 0. The molecule has 0 aliphatic rings. The first-order valence-electron chi connectivity index (χ1n) is 6.30. The van der Waals surface area contributed by atoms with Crippen molar-refractivity contribution in [3.63, 3.8) is 0 Å². The molecule has 4 heteroatoms. The van der Waals surface area contributed by atoms with Gasteiger partial charge >= 0.3 is 0 Å². The lowest BCUT2D eigenvalue weighted by Crippen LogP contribution is -1.69. The summed E-state index contributed by atoms with van der Waals surface area (Å²) in [4.78, 5) is 0. The molecule has 0 bridgehead atoms. The quantitative estimate of drug-likeness (QED) is 0.410. The minimum atomic E-state index is -1.11. The van der Waals surface area contributed by atoms with Crippen molar-refractivity contribution >= 4 is 41.3 Å². The molecule has 2 aromatic carbocycles. The van der Waals surface area contributed by atoms with Crippen LogP contribution in [0.25, 0.3) is 26.6 Å². The van der Waals surface area contributed by atoms with Crippen LogP contribution in [0.15, 0.2) is 74.4 Å². The van der Waals surface area contributed by atoms with Crippen LogP contribution >= 0.6 is 19.4 Å². The molecule has 0 unspecified atom stereocenters. The Morgan fingerprint density at radius 2 is 1.30 bits per heavy atom. The highest BCUT2D eigenvalue weighted by Crippen LogP contribution is 2.44. The minimum Gasteiger partial charge on any atom is -0.415 e. The fourth-order valence-corrected chi connectivity index (χ4v) is 4.50. The average Bonchev–Trinajstić information content (AvgIpc) is 2.97. The molecule has 0 spiro atoms. The van der Waals surface area contributed by atoms with Gasteiger partial charge in [-0.15, -0.1) is 11.3 Å². The molecule has 0 radical (unpaired) electrons. The number of hydrogen-bond acceptors (Lipinski definition) is 3. The molecular weight excluding hydrogens is 287 g/mol. The van der Waals surface area contributed by atoms with Gasteiger partial charge in [-0.05, 0) is 23.6 Å². The Morgan fingerprint density at radius 1 is 0.700 bits per heavy atom. The summed E-state index contributed by atoms with van der Waals surface area (Å²) >= 11 is 1.67. The van der Waals surface area contributed by atoms with Gasteiger partial charge in [0.25, 0.3) is 8.01 Å². The van der Waals surface area contributed by atoms with Crippen LogP contribution in [0.2, 0.25) is 0 Å². The molecule has 0 aliphatic heterocycles. The second-order valence-corrected chi connectivity index (χ2v) is 6.99. The monoisotopic (exact) mass is 298 g/mol. The van der Waals surface area contributed by atoms with Crippen molar-refractivity contribution in [3.05, 3.63) is 66.0 Å². The van der Waals surface area contributed by atoms with E-state index >= 15 is 0 Å². The highest BCUT2D eigenvalue weighted by atomic mass is 32.1. The van der Waals surface area contributed by atoms with E-state index in [9.17, 15) is 0 Å². The maximum absolute atomic E-state index is 6.14. The van der Waals surface area contributed by atoms with Gasteiger partial charge in [0, 0.05) is 10.8 Å². The standard InChI is InChI=1S/C16H11O2PS/c1-3-8-14-12(6-1)13-7-2-4-9-15(13)18-19(17-14)16-10-5-11-20-16/h1-11H. The summed E-state index contributed by atoms with van der Waals surface area (Å²) in [6, 6.07) is 20.3. The van der Waals surface area contributed by atoms with E-state index in [1.807, 2.05) is 47.8 Å². The fraction of sp³-hybridized carbons (Fsp3) is 0. The minimum absolute atomic E-state index is 0.886.